The fourth-order valence-electron chi connectivity index (χ4n) is 3.70. The topological polar surface area (TPSA) is 32.3 Å². The Kier molecular flexibility index (Phi) is 4.73. The molecule has 0 aliphatic carbocycles. The summed E-state index contributed by atoms with van der Waals surface area (Å²) in [4.78, 5) is 13.1. The van der Waals surface area contributed by atoms with Crippen LogP contribution in [0.2, 0.25) is 0 Å². The molecule has 0 aromatic carbocycles. The minimum atomic E-state index is 0.550. The summed E-state index contributed by atoms with van der Waals surface area (Å²) in [5.41, 5.74) is 2.82. The Balaban J connectivity index is 1.41. The third-order valence-corrected chi connectivity index (χ3v) is 7.30. The maximum atomic E-state index is 4.97. The molecule has 4 heterocycles. The quantitative estimate of drug-likeness (QED) is 0.835. The van der Waals surface area contributed by atoms with Crippen LogP contribution in [0.4, 0.5) is 0 Å². The van der Waals surface area contributed by atoms with E-state index in [4.69, 9.17) is 4.98 Å². The number of aromatic nitrogens is 2. The summed E-state index contributed by atoms with van der Waals surface area (Å²) >= 11 is 3.61. The predicted octanol–water partition coefficient (Wildman–Crippen LogP) is 3.36. The number of fused-ring (bicyclic) bond motifs is 2. The Labute approximate surface area is 152 Å². The Morgan fingerprint density at radius 1 is 1.08 bits per heavy atom. The van der Waals surface area contributed by atoms with Crippen LogP contribution in [0.15, 0.2) is 6.20 Å². The molecule has 2 aromatic heterocycles. The van der Waals surface area contributed by atoms with E-state index in [-0.39, 0.29) is 0 Å². The molecule has 1 unspecified atom stereocenters. The van der Waals surface area contributed by atoms with Gasteiger partial charge in [-0.2, -0.15) is 0 Å². The molecule has 0 bridgehead atoms. The van der Waals surface area contributed by atoms with Gasteiger partial charge in [0.15, 0.2) is 0 Å². The van der Waals surface area contributed by atoms with E-state index in [9.17, 15) is 0 Å². The van der Waals surface area contributed by atoms with Crippen molar-refractivity contribution in [2.45, 2.75) is 65.2 Å². The molecule has 6 heteroatoms. The lowest BCUT2D eigenvalue weighted by molar-refractivity contribution is 0.192. The van der Waals surface area contributed by atoms with Gasteiger partial charge < -0.3 is 0 Å². The summed E-state index contributed by atoms with van der Waals surface area (Å²) in [6, 6.07) is 1.18. The van der Waals surface area contributed by atoms with Gasteiger partial charge in [0.25, 0.3) is 0 Å². The van der Waals surface area contributed by atoms with Gasteiger partial charge in [-0.05, 0) is 44.3 Å². The lowest BCUT2D eigenvalue weighted by atomic mass is 10.1. The molecule has 0 spiro atoms. The lowest BCUT2D eigenvalue weighted by Gasteiger charge is -2.31. The number of nitrogens with zero attached hydrogens (tertiary/aromatic N) is 4. The third-order valence-electron chi connectivity index (χ3n) is 5.37. The van der Waals surface area contributed by atoms with Crippen molar-refractivity contribution in [3.63, 3.8) is 0 Å². The zero-order valence-corrected chi connectivity index (χ0v) is 16.4. The zero-order chi connectivity index (χ0) is 16.7. The van der Waals surface area contributed by atoms with Crippen LogP contribution >= 0.6 is 22.9 Å². The Bertz CT molecular complexity index is 706. The van der Waals surface area contributed by atoms with E-state index in [1.54, 1.807) is 11.5 Å². The van der Waals surface area contributed by atoms with Gasteiger partial charge in [0, 0.05) is 67.1 Å². The maximum absolute atomic E-state index is 4.97. The second-order valence-electron chi connectivity index (χ2n) is 7.34. The van der Waals surface area contributed by atoms with Crippen LogP contribution in [0.5, 0.6) is 0 Å². The maximum Gasteiger partial charge on any atom is 0.0947 e. The van der Waals surface area contributed by atoms with Gasteiger partial charge in [0.05, 0.1) is 10.7 Å². The molecule has 0 radical (unpaired) electrons. The number of rotatable bonds is 4. The number of thiazole rings is 1. The lowest BCUT2D eigenvalue weighted by Crippen LogP contribution is -2.38. The van der Waals surface area contributed by atoms with Gasteiger partial charge in [0.1, 0.15) is 0 Å². The molecule has 2 aliphatic heterocycles. The van der Waals surface area contributed by atoms with E-state index < -0.39 is 0 Å². The minimum absolute atomic E-state index is 0.550. The molecule has 0 amide bonds. The van der Waals surface area contributed by atoms with Gasteiger partial charge in [-0.3, -0.25) is 9.80 Å². The molecule has 24 heavy (non-hydrogen) atoms. The summed E-state index contributed by atoms with van der Waals surface area (Å²) in [6.45, 7) is 11.4. The fraction of sp³-hybridized carbons (Fsp3) is 0.667. The highest BCUT2D eigenvalue weighted by atomic mass is 32.1. The van der Waals surface area contributed by atoms with E-state index in [1.807, 2.05) is 11.3 Å². The summed E-state index contributed by atoms with van der Waals surface area (Å²) < 4.78 is 4.35. The molecule has 2 aliphatic rings. The van der Waals surface area contributed by atoms with Crippen LogP contribution in [0.3, 0.4) is 0 Å². The van der Waals surface area contributed by atoms with E-state index >= 15 is 0 Å². The molecule has 130 valence electrons. The Hall–Kier alpha value is -0.820. The summed E-state index contributed by atoms with van der Waals surface area (Å²) in [7, 11) is 0. The van der Waals surface area contributed by atoms with E-state index in [0.29, 0.717) is 12.1 Å². The molecular weight excluding hydrogens is 336 g/mol. The molecule has 1 atom stereocenters. The normalized spacial score (nSPS) is 20.2. The first-order chi connectivity index (χ1) is 11.6. The van der Waals surface area contributed by atoms with Crippen molar-refractivity contribution < 1.29 is 0 Å². The van der Waals surface area contributed by atoms with Crippen molar-refractivity contribution in [2.75, 3.05) is 13.1 Å². The fourth-order valence-corrected chi connectivity index (χ4v) is 5.76. The molecule has 0 fully saturated rings. The average Bonchev–Trinajstić information content (AvgIpc) is 3.18. The summed E-state index contributed by atoms with van der Waals surface area (Å²) in [6.07, 6.45) is 5.39. The first-order valence-corrected chi connectivity index (χ1v) is 10.6. The second-order valence-corrected chi connectivity index (χ2v) is 9.39. The molecule has 0 N–H and O–H groups in total. The number of hydrogen-bond acceptors (Lipinski definition) is 6. The van der Waals surface area contributed by atoms with Crippen LogP contribution in [-0.2, 0) is 32.4 Å². The van der Waals surface area contributed by atoms with E-state index in [2.05, 4.69) is 41.1 Å². The SMILES string of the molecule is CC(C)N1CCc2nc(CC(C)N3CCc4cnsc4C3)sc2C1. The monoisotopic (exact) mass is 362 g/mol. The molecule has 0 saturated heterocycles. The van der Waals surface area contributed by atoms with Gasteiger partial charge in [0.2, 0.25) is 0 Å². The van der Waals surface area contributed by atoms with Crippen LogP contribution in [-0.4, -0.2) is 44.3 Å². The van der Waals surface area contributed by atoms with Crippen LogP contribution in [0.1, 0.15) is 46.8 Å². The third kappa shape index (κ3) is 3.29. The molecule has 0 saturated carbocycles. The molecule has 2 aromatic rings. The van der Waals surface area contributed by atoms with E-state index in [1.165, 1.54) is 26.0 Å². The second kappa shape index (κ2) is 6.83. The highest BCUT2D eigenvalue weighted by Gasteiger charge is 2.25. The molecular formula is C18H26N4S2. The molecule has 4 nitrogen and oxygen atoms in total. The van der Waals surface area contributed by atoms with Crippen molar-refractivity contribution in [2.24, 2.45) is 0 Å². The van der Waals surface area contributed by atoms with Gasteiger partial charge in [-0.25, -0.2) is 9.36 Å². The van der Waals surface area contributed by atoms with Gasteiger partial charge in [-0.1, -0.05) is 0 Å². The minimum Gasteiger partial charge on any atom is -0.295 e. The van der Waals surface area contributed by atoms with Crippen LogP contribution in [0.25, 0.3) is 0 Å². The summed E-state index contributed by atoms with van der Waals surface area (Å²) in [5.74, 6) is 0. The van der Waals surface area contributed by atoms with Gasteiger partial charge >= 0.3 is 0 Å². The average molecular weight is 363 g/mol. The highest BCUT2D eigenvalue weighted by Crippen LogP contribution is 2.29. The largest absolute Gasteiger partial charge is 0.295 e. The smallest absolute Gasteiger partial charge is 0.0947 e. The number of hydrogen-bond donors (Lipinski definition) is 0. The Morgan fingerprint density at radius 3 is 2.71 bits per heavy atom. The first kappa shape index (κ1) is 16.6. The van der Waals surface area contributed by atoms with Crippen molar-refractivity contribution in [3.8, 4) is 0 Å². The van der Waals surface area contributed by atoms with Gasteiger partial charge in [-0.15, -0.1) is 11.3 Å². The Morgan fingerprint density at radius 2 is 1.88 bits per heavy atom. The highest BCUT2D eigenvalue weighted by molar-refractivity contribution is 7.11. The predicted molar refractivity (Wildman–Crippen MR) is 101 cm³/mol. The van der Waals surface area contributed by atoms with Crippen molar-refractivity contribution in [1.29, 1.82) is 0 Å². The van der Waals surface area contributed by atoms with Crippen LogP contribution in [0, 0.1) is 0 Å². The zero-order valence-electron chi connectivity index (χ0n) is 14.8. The van der Waals surface area contributed by atoms with E-state index in [0.717, 1.165) is 45.4 Å². The van der Waals surface area contributed by atoms with Crippen molar-refractivity contribution >= 4 is 22.9 Å². The van der Waals surface area contributed by atoms with Crippen LogP contribution < -0.4 is 0 Å². The summed E-state index contributed by atoms with van der Waals surface area (Å²) in [5, 5.41) is 1.33. The molecule has 4 rings (SSSR count). The standard InChI is InChI=1S/C18H26N4S2/c1-12(2)21-7-5-15-17(11-21)23-18(20-15)8-13(3)22-6-4-14-9-19-24-16(14)10-22/h9,12-13H,4-8,10-11H2,1-3H3. The van der Waals surface area contributed by atoms with Crippen molar-refractivity contribution in [3.05, 3.63) is 32.2 Å². The van der Waals surface area contributed by atoms with Crippen molar-refractivity contribution in [1.82, 2.24) is 19.2 Å². The first-order valence-electron chi connectivity index (χ1n) is 8.98.